The van der Waals surface area contributed by atoms with E-state index >= 15 is 0 Å². The predicted octanol–water partition coefficient (Wildman–Crippen LogP) is -0.798. The van der Waals surface area contributed by atoms with Gasteiger partial charge in [0.2, 0.25) is 5.91 Å². The lowest BCUT2D eigenvalue weighted by Crippen LogP contribution is -2.51. The van der Waals surface area contributed by atoms with E-state index in [1.165, 1.54) is 0 Å². The highest BCUT2D eigenvalue weighted by atomic mass is 16.5. The molecule has 2 unspecified atom stereocenters. The molecule has 2 atom stereocenters. The number of carbonyl (C=O) groups excluding carboxylic acids is 1. The van der Waals surface area contributed by atoms with Gasteiger partial charge in [0.25, 0.3) is 0 Å². The van der Waals surface area contributed by atoms with Crippen LogP contribution in [0.4, 0.5) is 0 Å². The molecule has 0 aliphatic carbocycles. The van der Waals surface area contributed by atoms with Gasteiger partial charge in [-0.2, -0.15) is 0 Å². The largest absolute Gasteiger partial charge is 0.481 e. The summed E-state index contributed by atoms with van der Waals surface area (Å²) >= 11 is 0. The molecule has 3 N–H and O–H groups in total. The zero-order valence-corrected chi connectivity index (χ0v) is 9.86. The summed E-state index contributed by atoms with van der Waals surface area (Å²) in [5.74, 6) is -0.626. The molecule has 0 bridgehead atoms. The maximum Gasteiger partial charge on any atom is 0.313 e. The van der Waals surface area contributed by atoms with E-state index in [-0.39, 0.29) is 19.1 Å². The fraction of sp³-hybridized carbons (Fsp3) is 0.818. The number of ether oxygens (including phenoxy) is 1. The van der Waals surface area contributed by atoms with Gasteiger partial charge in [-0.25, -0.2) is 0 Å². The van der Waals surface area contributed by atoms with Crippen molar-refractivity contribution in [1.29, 1.82) is 0 Å². The molecular weight excluding hydrogens is 224 g/mol. The van der Waals surface area contributed by atoms with Crippen LogP contribution < -0.4 is 10.6 Å². The van der Waals surface area contributed by atoms with Crippen LogP contribution in [0.3, 0.4) is 0 Å². The molecule has 2 aliphatic rings. The van der Waals surface area contributed by atoms with E-state index in [2.05, 4.69) is 10.6 Å². The lowest BCUT2D eigenvalue weighted by Gasteiger charge is -2.29. The minimum atomic E-state index is -1.01. The smallest absolute Gasteiger partial charge is 0.313 e. The molecule has 96 valence electrons. The van der Waals surface area contributed by atoms with Crippen LogP contribution in [-0.4, -0.2) is 49.3 Å². The molecule has 0 spiro atoms. The zero-order chi connectivity index (χ0) is 12.5. The molecule has 1 amide bonds. The number of carbonyl (C=O) groups is 2. The molecule has 2 rings (SSSR count). The molecule has 17 heavy (non-hydrogen) atoms. The van der Waals surface area contributed by atoms with Gasteiger partial charge in [-0.3, -0.25) is 9.59 Å². The van der Waals surface area contributed by atoms with E-state index in [0.717, 1.165) is 13.1 Å². The van der Waals surface area contributed by atoms with Crippen molar-refractivity contribution in [3.05, 3.63) is 0 Å². The van der Waals surface area contributed by atoms with Gasteiger partial charge in [-0.15, -0.1) is 0 Å². The number of carboxylic acids is 1. The quantitative estimate of drug-likeness (QED) is 0.601. The second kappa shape index (κ2) is 4.62. The van der Waals surface area contributed by atoms with E-state index in [1.807, 2.05) is 0 Å². The lowest BCUT2D eigenvalue weighted by molar-refractivity contribution is -0.149. The molecular formula is C11H18N2O4. The monoisotopic (exact) mass is 242 g/mol. The highest BCUT2D eigenvalue weighted by Crippen LogP contribution is 2.28. The molecule has 0 radical (unpaired) electrons. The standard InChI is InChI=1S/C11H18N2O4/c1-11(10(15)16)6-17-5-8(11)13-9(14)2-7-3-12-4-7/h7-8,12H,2-6H2,1H3,(H,13,14)(H,15,16). The number of nitrogens with one attached hydrogen (secondary N) is 2. The Labute approximate surface area is 99.7 Å². The van der Waals surface area contributed by atoms with Crippen LogP contribution in [0.2, 0.25) is 0 Å². The summed E-state index contributed by atoms with van der Waals surface area (Å²) in [5, 5.41) is 15.0. The van der Waals surface area contributed by atoms with E-state index in [4.69, 9.17) is 9.84 Å². The van der Waals surface area contributed by atoms with Crippen molar-refractivity contribution in [1.82, 2.24) is 10.6 Å². The molecule has 2 aliphatic heterocycles. The minimum absolute atomic E-state index is 0.0838. The van der Waals surface area contributed by atoms with Crippen molar-refractivity contribution >= 4 is 11.9 Å². The Hall–Kier alpha value is -1.14. The molecule has 0 aromatic rings. The van der Waals surface area contributed by atoms with Gasteiger partial charge in [-0.1, -0.05) is 0 Å². The number of carboxylic acid groups (broad SMARTS) is 1. The van der Waals surface area contributed by atoms with Crippen LogP contribution in [0.1, 0.15) is 13.3 Å². The highest BCUT2D eigenvalue weighted by molar-refractivity contribution is 5.80. The number of hydrogen-bond acceptors (Lipinski definition) is 4. The molecule has 6 nitrogen and oxygen atoms in total. The third-order valence-electron chi connectivity index (χ3n) is 3.62. The van der Waals surface area contributed by atoms with E-state index in [9.17, 15) is 9.59 Å². The first-order chi connectivity index (χ1) is 8.02. The summed E-state index contributed by atoms with van der Waals surface area (Å²) in [6.07, 6.45) is 0.458. The van der Waals surface area contributed by atoms with Gasteiger partial charge in [0.15, 0.2) is 0 Å². The van der Waals surface area contributed by atoms with Crippen molar-refractivity contribution in [2.45, 2.75) is 19.4 Å². The molecule has 2 saturated heterocycles. The Bertz CT molecular complexity index is 329. The number of aliphatic carboxylic acids is 1. The molecule has 2 heterocycles. The van der Waals surface area contributed by atoms with Crippen LogP contribution in [-0.2, 0) is 14.3 Å². The van der Waals surface area contributed by atoms with Gasteiger partial charge >= 0.3 is 5.97 Å². The van der Waals surface area contributed by atoms with E-state index < -0.39 is 17.4 Å². The Kier molecular flexibility index (Phi) is 3.35. The SMILES string of the molecule is CC1(C(=O)O)COCC1NC(=O)CC1CNC1. The second-order valence-electron chi connectivity index (χ2n) is 5.09. The van der Waals surface area contributed by atoms with Gasteiger partial charge in [0.1, 0.15) is 5.41 Å². The normalized spacial score (nSPS) is 33.1. The van der Waals surface area contributed by atoms with Gasteiger partial charge in [0.05, 0.1) is 19.3 Å². The second-order valence-corrected chi connectivity index (χ2v) is 5.09. The summed E-state index contributed by atoms with van der Waals surface area (Å²) in [6.45, 7) is 3.77. The van der Waals surface area contributed by atoms with Crippen LogP contribution in [0, 0.1) is 11.3 Å². The summed E-state index contributed by atoms with van der Waals surface area (Å²) in [7, 11) is 0. The van der Waals surface area contributed by atoms with Crippen molar-refractivity contribution < 1.29 is 19.4 Å². The average molecular weight is 242 g/mol. The Morgan fingerprint density at radius 1 is 1.53 bits per heavy atom. The first kappa shape index (κ1) is 12.3. The number of rotatable bonds is 4. The zero-order valence-electron chi connectivity index (χ0n) is 9.86. The number of hydrogen-bond donors (Lipinski definition) is 3. The number of amides is 1. The average Bonchev–Trinajstić information content (AvgIpc) is 2.56. The third kappa shape index (κ3) is 2.42. The fourth-order valence-electron chi connectivity index (χ4n) is 2.09. The van der Waals surface area contributed by atoms with Crippen LogP contribution in [0.15, 0.2) is 0 Å². The summed E-state index contributed by atoms with van der Waals surface area (Å²) in [4.78, 5) is 22.9. The first-order valence-corrected chi connectivity index (χ1v) is 5.83. The first-order valence-electron chi connectivity index (χ1n) is 5.83. The topological polar surface area (TPSA) is 87.7 Å². The minimum Gasteiger partial charge on any atom is -0.481 e. The Balaban J connectivity index is 1.88. The Morgan fingerprint density at radius 2 is 2.24 bits per heavy atom. The van der Waals surface area contributed by atoms with Crippen molar-refractivity contribution in [2.75, 3.05) is 26.3 Å². The van der Waals surface area contributed by atoms with Crippen LogP contribution in [0.5, 0.6) is 0 Å². The Morgan fingerprint density at radius 3 is 2.76 bits per heavy atom. The van der Waals surface area contributed by atoms with Crippen LogP contribution >= 0.6 is 0 Å². The molecule has 0 saturated carbocycles. The van der Waals surface area contributed by atoms with E-state index in [0.29, 0.717) is 12.3 Å². The summed E-state index contributed by atoms with van der Waals surface area (Å²) in [5.41, 5.74) is -1.01. The molecule has 0 aromatic carbocycles. The summed E-state index contributed by atoms with van der Waals surface area (Å²) in [6, 6.07) is -0.430. The molecule has 0 aromatic heterocycles. The van der Waals surface area contributed by atoms with Crippen molar-refractivity contribution in [3.63, 3.8) is 0 Å². The van der Waals surface area contributed by atoms with Crippen molar-refractivity contribution in [2.24, 2.45) is 11.3 Å². The fourth-order valence-corrected chi connectivity index (χ4v) is 2.09. The van der Waals surface area contributed by atoms with E-state index in [1.54, 1.807) is 6.92 Å². The maximum atomic E-state index is 11.7. The summed E-state index contributed by atoms with van der Waals surface area (Å²) < 4.78 is 5.17. The third-order valence-corrected chi connectivity index (χ3v) is 3.62. The molecule has 6 heteroatoms. The maximum absolute atomic E-state index is 11.7. The molecule has 2 fully saturated rings. The van der Waals surface area contributed by atoms with Gasteiger partial charge in [0, 0.05) is 6.42 Å². The predicted molar refractivity (Wildman–Crippen MR) is 59.5 cm³/mol. The van der Waals surface area contributed by atoms with Gasteiger partial charge in [-0.05, 0) is 25.9 Å². The lowest BCUT2D eigenvalue weighted by atomic mass is 9.85. The van der Waals surface area contributed by atoms with Gasteiger partial charge < -0.3 is 20.5 Å². The highest BCUT2D eigenvalue weighted by Gasteiger charge is 2.47. The van der Waals surface area contributed by atoms with Crippen LogP contribution in [0.25, 0.3) is 0 Å². The van der Waals surface area contributed by atoms with Crippen molar-refractivity contribution in [3.8, 4) is 0 Å².